The Hall–Kier alpha value is -2.76. The minimum atomic E-state index is -0.637. The predicted molar refractivity (Wildman–Crippen MR) is 103 cm³/mol. The molecular formula is C22H22F2N4. The monoisotopic (exact) mass is 380 g/mol. The van der Waals surface area contributed by atoms with Gasteiger partial charge in [0.25, 0.3) is 0 Å². The van der Waals surface area contributed by atoms with Crippen LogP contribution in [0.3, 0.4) is 0 Å². The number of benzene rings is 1. The molecule has 0 unspecified atom stereocenters. The lowest BCUT2D eigenvalue weighted by molar-refractivity contribution is 0.286. The van der Waals surface area contributed by atoms with E-state index in [4.69, 9.17) is 0 Å². The quantitative estimate of drug-likeness (QED) is 0.638. The first kappa shape index (κ1) is 18.6. The molecule has 0 saturated heterocycles. The zero-order valence-electron chi connectivity index (χ0n) is 16.2. The summed E-state index contributed by atoms with van der Waals surface area (Å²) in [5.74, 6) is -0.855. The molecule has 1 aliphatic rings. The number of halogens is 2. The van der Waals surface area contributed by atoms with Crippen molar-refractivity contribution >= 4 is 0 Å². The van der Waals surface area contributed by atoms with Gasteiger partial charge in [-0.25, -0.2) is 8.78 Å². The minimum Gasteiger partial charge on any atom is -0.261 e. The van der Waals surface area contributed by atoms with E-state index in [2.05, 4.69) is 40.9 Å². The molecule has 2 atom stereocenters. The molecular weight excluding hydrogens is 358 g/mol. The lowest BCUT2D eigenvalue weighted by Gasteiger charge is -2.42. The molecule has 2 aromatic heterocycles. The molecule has 4 nitrogen and oxygen atoms in total. The predicted octanol–water partition coefficient (Wildman–Crippen LogP) is 5.05. The summed E-state index contributed by atoms with van der Waals surface area (Å²) in [6.07, 6.45) is 6.92. The standard InChI is InChI=1S/C22H22F2N4/c1-13(2)22(19-12-25-9-10-26-19)8-7-14(3)15-11-18(27-28-21(15)22)20-16(23)5-4-6-17(20)24/h4-6,9-14H,7-8H2,1-3H3/t14-,22-/m0/s1. The summed E-state index contributed by atoms with van der Waals surface area (Å²) in [6.45, 7) is 6.39. The molecule has 4 rings (SSSR count). The Kier molecular flexibility index (Phi) is 4.65. The second kappa shape index (κ2) is 7.00. The number of rotatable bonds is 3. The first-order valence-corrected chi connectivity index (χ1v) is 9.54. The average Bonchev–Trinajstić information content (AvgIpc) is 2.69. The van der Waals surface area contributed by atoms with Crippen LogP contribution in [0.1, 0.15) is 56.5 Å². The van der Waals surface area contributed by atoms with E-state index in [0.717, 1.165) is 29.8 Å². The maximum atomic E-state index is 14.3. The Balaban J connectivity index is 1.94. The molecule has 0 aliphatic heterocycles. The molecule has 28 heavy (non-hydrogen) atoms. The Bertz CT molecular complexity index is 986. The van der Waals surface area contributed by atoms with Gasteiger partial charge in [0.1, 0.15) is 11.6 Å². The van der Waals surface area contributed by atoms with Crippen LogP contribution in [0.2, 0.25) is 0 Å². The van der Waals surface area contributed by atoms with Crippen LogP contribution in [-0.4, -0.2) is 20.2 Å². The lowest BCUT2D eigenvalue weighted by Crippen LogP contribution is -2.40. The van der Waals surface area contributed by atoms with Gasteiger partial charge in [-0.05, 0) is 48.4 Å². The fraction of sp³-hybridized carbons (Fsp3) is 0.364. The van der Waals surface area contributed by atoms with Crippen molar-refractivity contribution in [3.05, 3.63) is 71.4 Å². The molecule has 6 heteroatoms. The third kappa shape index (κ3) is 2.79. The topological polar surface area (TPSA) is 51.6 Å². The van der Waals surface area contributed by atoms with Gasteiger partial charge in [-0.15, -0.1) is 5.10 Å². The van der Waals surface area contributed by atoms with Gasteiger partial charge in [-0.1, -0.05) is 26.8 Å². The van der Waals surface area contributed by atoms with Crippen LogP contribution in [0, 0.1) is 17.6 Å². The van der Waals surface area contributed by atoms with Gasteiger partial charge in [0, 0.05) is 18.6 Å². The normalized spacial score (nSPS) is 21.6. The highest BCUT2D eigenvalue weighted by atomic mass is 19.1. The van der Waals surface area contributed by atoms with Crippen molar-refractivity contribution in [2.45, 2.75) is 44.9 Å². The van der Waals surface area contributed by atoms with Gasteiger partial charge in [-0.3, -0.25) is 9.97 Å². The third-order valence-corrected chi connectivity index (χ3v) is 5.97. The van der Waals surface area contributed by atoms with Gasteiger partial charge in [0.2, 0.25) is 0 Å². The largest absolute Gasteiger partial charge is 0.261 e. The van der Waals surface area contributed by atoms with Crippen molar-refractivity contribution in [3.8, 4) is 11.3 Å². The molecule has 0 saturated carbocycles. The molecule has 1 aliphatic carbocycles. The molecule has 0 fully saturated rings. The molecule has 0 bridgehead atoms. The van der Waals surface area contributed by atoms with E-state index >= 15 is 0 Å². The minimum absolute atomic E-state index is 0.134. The zero-order valence-corrected chi connectivity index (χ0v) is 16.2. The van der Waals surface area contributed by atoms with Crippen LogP contribution in [0.25, 0.3) is 11.3 Å². The molecule has 0 spiro atoms. The molecule has 0 amide bonds. The van der Waals surface area contributed by atoms with Gasteiger partial charge >= 0.3 is 0 Å². The van der Waals surface area contributed by atoms with Crippen LogP contribution >= 0.6 is 0 Å². The number of hydrogen-bond acceptors (Lipinski definition) is 4. The number of fused-ring (bicyclic) bond motifs is 1. The van der Waals surface area contributed by atoms with Crippen LogP contribution < -0.4 is 0 Å². The molecule has 0 N–H and O–H groups in total. The fourth-order valence-corrected chi connectivity index (χ4v) is 4.35. The Morgan fingerprint density at radius 3 is 2.50 bits per heavy atom. The lowest BCUT2D eigenvalue weighted by atomic mass is 9.62. The average molecular weight is 380 g/mol. The first-order valence-electron chi connectivity index (χ1n) is 9.54. The van der Waals surface area contributed by atoms with Crippen LogP contribution in [0.4, 0.5) is 8.78 Å². The van der Waals surface area contributed by atoms with Crippen molar-refractivity contribution in [2.24, 2.45) is 5.92 Å². The highest BCUT2D eigenvalue weighted by Gasteiger charge is 2.46. The van der Waals surface area contributed by atoms with E-state index in [1.54, 1.807) is 24.7 Å². The SMILES string of the molecule is CC(C)[C@]1(c2cnccn2)CC[C@H](C)c2cc(-c3c(F)cccc3F)nnc21. The number of hydrogen-bond donors (Lipinski definition) is 0. The van der Waals surface area contributed by atoms with E-state index < -0.39 is 17.0 Å². The van der Waals surface area contributed by atoms with Crippen molar-refractivity contribution in [1.82, 2.24) is 20.2 Å². The van der Waals surface area contributed by atoms with Crippen LogP contribution in [-0.2, 0) is 5.41 Å². The first-order chi connectivity index (χ1) is 13.4. The summed E-state index contributed by atoms with van der Waals surface area (Å²) >= 11 is 0. The second-order valence-electron chi connectivity index (χ2n) is 7.79. The summed E-state index contributed by atoms with van der Waals surface area (Å²) in [4.78, 5) is 8.84. The highest BCUT2D eigenvalue weighted by Crippen LogP contribution is 2.49. The summed E-state index contributed by atoms with van der Waals surface area (Å²) in [5, 5.41) is 8.77. The third-order valence-electron chi connectivity index (χ3n) is 5.97. The van der Waals surface area contributed by atoms with Crippen LogP contribution in [0.15, 0.2) is 42.9 Å². The van der Waals surface area contributed by atoms with Crippen LogP contribution in [0.5, 0.6) is 0 Å². The summed E-state index contributed by atoms with van der Waals surface area (Å²) in [6, 6.07) is 5.61. The summed E-state index contributed by atoms with van der Waals surface area (Å²) in [7, 11) is 0. The van der Waals surface area contributed by atoms with E-state index in [1.165, 1.54) is 18.2 Å². The Morgan fingerprint density at radius 1 is 1.11 bits per heavy atom. The number of nitrogens with zero attached hydrogens (tertiary/aromatic N) is 4. The second-order valence-corrected chi connectivity index (χ2v) is 7.79. The summed E-state index contributed by atoms with van der Waals surface area (Å²) in [5.41, 5.74) is 2.33. The Labute approximate surface area is 163 Å². The van der Waals surface area contributed by atoms with E-state index in [0.29, 0.717) is 0 Å². The smallest absolute Gasteiger partial charge is 0.135 e. The Morgan fingerprint density at radius 2 is 1.86 bits per heavy atom. The van der Waals surface area contributed by atoms with Gasteiger partial charge in [0.05, 0.1) is 28.1 Å². The maximum Gasteiger partial charge on any atom is 0.135 e. The molecule has 1 aromatic carbocycles. The van der Waals surface area contributed by atoms with Crippen molar-refractivity contribution in [3.63, 3.8) is 0 Å². The summed E-state index contributed by atoms with van der Waals surface area (Å²) < 4.78 is 28.6. The van der Waals surface area contributed by atoms with E-state index in [1.807, 2.05) is 0 Å². The van der Waals surface area contributed by atoms with Crippen molar-refractivity contribution in [1.29, 1.82) is 0 Å². The van der Waals surface area contributed by atoms with Crippen molar-refractivity contribution in [2.75, 3.05) is 0 Å². The van der Waals surface area contributed by atoms with Gasteiger partial charge in [0.15, 0.2) is 0 Å². The fourth-order valence-electron chi connectivity index (χ4n) is 4.35. The zero-order chi connectivity index (χ0) is 19.9. The van der Waals surface area contributed by atoms with E-state index in [9.17, 15) is 8.78 Å². The highest BCUT2D eigenvalue weighted by molar-refractivity contribution is 5.62. The van der Waals surface area contributed by atoms with Gasteiger partial charge < -0.3 is 0 Å². The van der Waals surface area contributed by atoms with E-state index in [-0.39, 0.29) is 23.1 Å². The molecule has 3 aromatic rings. The number of aromatic nitrogens is 4. The van der Waals surface area contributed by atoms with Crippen molar-refractivity contribution < 1.29 is 8.78 Å². The molecule has 144 valence electrons. The molecule has 0 radical (unpaired) electrons. The maximum absolute atomic E-state index is 14.3. The van der Waals surface area contributed by atoms with Gasteiger partial charge in [-0.2, -0.15) is 5.10 Å². The molecule has 2 heterocycles.